The summed E-state index contributed by atoms with van der Waals surface area (Å²) in [5, 5.41) is 25.2. The van der Waals surface area contributed by atoms with Crippen molar-refractivity contribution in [2.45, 2.75) is 25.6 Å². The average molecular weight is 365 g/mol. The molecular formula is C20H19N3O2S. The van der Waals surface area contributed by atoms with E-state index in [4.69, 9.17) is 10.1 Å². The molecule has 1 aliphatic heterocycles. The van der Waals surface area contributed by atoms with Crippen LogP contribution in [0.25, 0.3) is 0 Å². The molecule has 1 aliphatic rings. The predicted molar refractivity (Wildman–Crippen MR) is 104 cm³/mol. The molecule has 1 aromatic heterocycles. The van der Waals surface area contributed by atoms with E-state index in [1.165, 1.54) is 11.6 Å². The lowest BCUT2D eigenvalue weighted by Crippen LogP contribution is -2.07. The third-order valence-corrected chi connectivity index (χ3v) is 5.61. The quantitative estimate of drug-likeness (QED) is 0.669. The second kappa shape index (κ2) is 6.53. The zero-order chi connectivity index (χ0) is 18.3. The molecule has 2 aromatic carbocycles. The predicted octanol–water partition coefficient (Wildman–Crippen LogP) is 4.54. The van der Waals surface area contributed by atoms with Gasteiger partial charge in [0.25, 0.3) is 0 Å². The van der Waals surface area contributed by atoms with Crippen molar-refractivity contribution in [2.75, 3.05) is 0 Å². The van der Waals surface area contributed by atoms with E-state index in [0.717, 1.165) is 27.7 Å². The molecule has 6 heteroatoms. The molecule has 2 N–H and O–H groups in total. The first-order chi connectivity index (χ1) is 12.5. The molecule has 0 saturated carbocycles. The molecule has 0 bridgehead atoms. The van der Waals surface area contributed by atoms with Gasteiger partial charge in [-0.25, -0.2) is 9.67 Å². The molecule has 1 unspecified atom stereocenters. The van der Waals surface area contributed by atoms with E-state index in [0.29, 0.717) is 6.54 Å². The minimum absolute atomic E-state index is 0.0153. The monoisotopic (exact) mass is 365 g/mol. The molecule has 5 nitrogen and oxygen atoms in total. The van der Waals surface area contributed by atoms with Crippen molar-refractivity contribution in [2.24, 2.45) is 4.99 Å². The summed E-state index contributed by atoms with van der Waals surface area (Å²) in [4.78, 5) is 4.75. The van der Waals surface area contributed by atoms with Crippen LogP contribution in [-0.4, -0.2) is 25.0 Å². The molecule has 3 aromatic rings. The lowest BCUT2D eigenvalue weighted by molar-refractivity contribution is 0.403. The first kappa shape index (κ1) is 16.7. The molecule has 4 rings (SSSR count). The molecule has 0 aliphatic carbocycles. The standard InChI is InChI=1S/C20H19N3O2S/c1-12-18-19(15-8-9-16(24)17(25)10-15)26-13(2)21-20(18)23(22-12)11-14-6-4-3-5-7-14/h3-10,19,24-25H,11H2,1-2H3. The Morgan fingerprint density at radius 3 is 2.54 bits per heavy atom. The van der Waals surface area contributed by atoms with E-state index in [1.807, 2.05) is 42.8 Å². The summed E-state index contributed by atoms with van der Waals surface area (Å²) in [6, 6.07) is 15.2. The molecule has 0 spiro atoms. The Morgan fingerprint density at radius 2 is 1.81 bits per heavy atom. The van der Waals surface area contributed by atoms with Gasteiger partial charge in [0.2, 0.25) is 0 Å². The number of hydrogen-bond acceptors (Lipinski definition) is 5. The van der Waals surface area contributed by atoms with Crippen molar-refractivity contribution in [3.05, 3.63) is 70.9 Å². The lowest BCUT2D eigenvalue weighted by atomic mass is 10.0. The minimum Gasteiger partial charge on any atom is -0.504 e. The van der Waals surface area contributed by atoms with Crippen molar-refractivity contribution in [1.82, 2.24) is 9.78 Å². The van der Waals surface area contributed by atoms with Crippen molar-refractivity contribution in [3.63, 3.8) is 0 Å². The van der Waals surface area contributed by atoms with E-state index >= 15 is 0 Å². The number of aromatic nitrogens is 2. The largest absolute Gasteiger partial charge is 0.504 e. The number of aliphatic imine (C=N–C) groups is 1. The number of fused-ring (bicyclic) bond motifs is 1. The molecular weight excluding hydrogens is 346 g/mol. The van der Waals surface area contributed by atoms with E-state index < -0.39 is 0 Å². The summed E-state index contributed by atoms with van der Waals surface area (Å²) in [6.45, 7) is 4.63. The summed E-state index contributed by atoms with van der Waals surface area (Å²) < 4.78 is 1.94. The summed E-state index contributed by atoms with van der Waals surface area (Å²) >= 11 is 1.63. The first-order valence-corrected chi connectivity index (χ1v) is 9.26. The van der Waals surface area contributed by atoms with Crippen molar-refractivity contribution >= 4 is 22.6 Å². The van der Waals surface area contributed by atoms with E-state index in [9.17, 15) is 10.2 Å². The van der Waals surface area contributed by atoms with Crippen LogP contribution >= 0.6 is 11.8 Å². The number of aromatic hydroxyl groups is 2. The molecule has 2 heterocycles. The van der Waals surface area contributed by atoms with Crippen LogP contribution in [0.15, 0.2) is 53.5 Å². The van der Waals surface area contributed by atoms with Gasteiger partial charge in [-0.3, -0.25) is 0 Å². The number of rotatable bonds is 3. The highest BCUT2D eigenvalue weighted by Crippen LogP contribution is 2.47. The average Bonchev–Trinajstić information content (AvgIpc) is 2.93. The SMILES string of the molecule is CC1=Nc2c(c(C)nn2Cc2ccccc2)C(c2ccc(O)c(O)c2)S1. The number of aryl methyl sites for hydroxylation is 1. The molecule has 0 fully saturated rings. The van der Waals surface area contributed by atoms with Gasteiger partial charge in [0.1, 0.15) is 0 Å². The van der Waals surface area contributed by atoms with Crippen LogP contribution in [0.4, 0.5) is 5.82 Å². The summed E-state index contributed by atoms with van der Waals surface area (Å²) in [6.07, 6.45) is 0. The zero-order valence-corrected chi connectivity index (χ0v) is 15.4. The van der Waals surface area contributed by atoms with Crippen LogP contribution in [0, 0.1) is 6.92 Å². The maximum absolute atomic E-state index is 9.90. The number of hydrogen-bond donors (Lipinski definition) is 2. The fourth-order valence-corrected chi connectivity index (χ4v) is 4.37. The topological polar surface area (TPSA) is 70.6 Å². The Hall–Kier alpha value is -2.73. The Bertz CT molecular complexity index is 996. The minimum atomic E-state index is -0.114. The van der Waals surface area contributed by atoms with Gasteiger partial charge in [-0.15, -0.1) is 0 Å². The number of phenolic OH excluding ortho intramolecular Hbond substituents is 2. The normalized spacial score (nSPS) is 16.2. The highest BCUT2D eigenvalue weighted by atomic mass is 32.2. The van der Waals surface area contributed by atoms with Gasteiger partial charge >= 0.3 is 0 Å². The van der Waals surface area contributed by atoms with Gasteiger partial charge in [0, 0.05) is 5.56 Å². The second-order valence-electron chi connectivity index (χ2n) is 6.34. The third kappa shape index (κ3) is 2.97. The van der Waals surface area contributed by atoms with Crippen LogP contribution in [0.5, 0.6) is 11.5 Å². The lowest BCUT2D eigenvalue weighted by Gasteiger charge is -2.22. The highest BCUT2D eigenvalue weighted by Gasteiger charge is 2.30. The molecule has 0 amide bonds. The number of thioether (sulfide) groups is 1. The maximum Gasteiger partial charge on any atom is 0.157 e. The van der Waals surface area contributed by atoms with Crippen LogP contribution < -0.4 is 0 Å². The van der Waals surface area contributed by atoms with Gasteiger partial charge < -0.3 is 10.2 Å². The van der Waals surface area contributed by atoms with Crippen LogP contribution in [-0.2, 0) is 6.54 Å². The Morgan fingerprint density at radius 1 is 1.04 bits per heavy atom. The van der Waals surface area contributed by atoms with E-state index in [1.54, 1.807) is 17.8 Å². The first-order valence-electron chi connectivity index (χ1n) is 8.38. The highest BCUT2D eigenvalue weighted by molar-refractivity contribution is 8.14. The Labute approximate surface area is 156 Å². The fourth-order valence-electron chi connectivity index (χ4n) is 3.22. The molecule has 26 heavy (non-hydrogen) atoms. The molecule has 0 saturated heterocycles. The summed E-state index contributed by atoms with van der Waals surface area (Å²) in [7, 11) is 0. The van der Waals surface area contributed by atoms with E-state index in [2.05, 4.69) is 12.1 Å². The van der Waals surface area contributed by atoms with E-state index in [-0.39, 0.29) is 16.7 Å². The summed E-state index contributed by atoms with van der Waals surface area (Å²) in [5.74, 6) is 0.635. The molecule has 0 radical (unpaired) electrons. The van der Waals surface area contributed by atoms with Gasteiger partial charge in [-0.05, 0) is 37.1 Å². The molecule has 1 atom stereocenters. The van der Waals surface area contributed by atoms with Crippen LogP contribution in [0.2, 0.25) is 0 Å². The van der Waals surface area contributed by atoms with Gasteiger partial charge in [0.05, 0.1) is 22.5 Å². The zero-order valence-electron chi connectivity index (χ0n) is 14.5. The van der Waals surface area contributed by atoms with Crippen LogP contribution in [0.1, 0.15) is 34.6 Å². The van der Waals surface area contributed by atoms with Crippen molar-refractivity contribution in [3.8, 4) is 11.5 Å². The smallest absolute Gasteiger partial charge is 0.157 e. The molecule has 132 valence electrons. The van der Waals surface area contributed by atoms with Gasteiger partial charge in [-0.1, -0.05) is 48.2 Å². The van der Waals surface area contributed by atoms with Gasteiger partial charge in [-0.2, -0.15) is 5.10 Å². The second-order valence-corrected chi connectivity index (χ2v) is 7.64. The fraction of sp³-hybridized carbons (Fsp3) is 0.200. The number of nitrogens with zero attached hydrogens (tertiary/aromatic N) is 3. The van der Waals surface area contributed by atoms with Crippen molar-refractivity contribution in [1.29, 1.82) is 0 Å². The Kier molecular flexibility index (Phi) is 4.20. The van der Waals surface area contributed by atoms with Crippen LogP contribution in [0.3, 0.4) is 0 Å². The maximum atomic E-state index is 9.90. The number of benzene rings is 2. The summed E-state index contributed by atoms with van der Waals surface area (Å²) in [5.41, 5.74) is 4.07. The number of phenols is 2. The Balaban J connectivity index is 1.79. The van der Waals surface area contributed by atoms with Gasteiger partial charge in [0.15, 0.2) is 17.3 Å². The van der Waals surface area contributed by atoms with Crippen molar-refractivity contribution < 1.29 is 10.2 Å². The third-order valence-electron chi connectivity index (χ3n) is 4.44.